The summed E-state index contributed by atoms with van der Waals surface area (Å²) in [5.74, 6) is -5.21. The molecule has 2 fully saturated rings. The molecule has 2 heterocycles. The van der Waals surface area contributed by atoms with Crippen LogP contribution in [0.15, 0.2) is 42.6 Å². The average molecular weight is 558 g/mol. The molecule has 1 aromatic carbocycles. The van der Waals surface area contributed by atoms with Gasteiger partial charge in [0.25, 0.3) is 5.91 Å². The van der Waals surface area contributed by atoms with Crippen molar-refractivity contribution in [2.45, 2.75) is 88.4 Å². The Hall–Kier alpha value is -3.65. The molecule has 2 N–H and O–H groups in total. The van der Waals surface area contributed by atoms with Crippen LogP contribution in [0.4, 0.5) is 18.9 Å². The Kier molecular flexibility index (Phi) is 8.40. The summed E-state index contributed by atoms with van der Waals surface area (Å²) < 4.78 is 42.7. The summed E-state index contributed by atoms with van der Waals surface area (Å²) in [5, 5.41) is 22.6. The van der Waals surface area contributed by atoms with Crippen molar-refractivity contribution in [3.8, 4) is 6.19 Å². The number of rotatable bonds is 6. The first kappa shape index (κ1) is 29.3. The summed E-state index contributed by atoms with van der Waals surface area (Å²) in [6.45, 7) is 6.00. The second-order valence-electron chi connectivity index (χ2n) is 11.6. The number of halogens is 3. The van der Waals surface area contributed by atoms with Crippen molar-refractivity contribution in [2.75, 3.05) is 11.4 Å². The van der Waals surface area contributed by atoms with Crippen LogP contribution in [-0.4, -0.2) is 57.5 Å². The Balaban J connectivity index is 1.79. The number of benzene rings is 1. The number of carbonyl (C=O) groups excluding carboxylic acids is 2. The Bertz CT molecular complexity index is 1260. The highest BCUT2D eigenvalue weighted by Crippen LogP contribution is 2.36. The predicted octanol–water partition coefficient (Wildman–Crippen LogP) is 4.20. The van der Waals surface area contributed by atoms with E-state index in [1.807, 2.05) is 27.0 Å². The van der Waals surface area contributed by atoms with E-state index >= 15 is 4.39 Å². The van der Waals surface area contributed by atoms with Crippen molar-refractivity contribution in [1.29, 1.82) is 5.26 Å². The fraction of sp³-hybridized carbons (Fsp3) is 0.517. The van der Waals surface area contributed by atoms with Gasteiger partial charge in [-0.25, -0.2) is 13.8 Å². The van der Waals surface area contributed by atoms with Gasteiger partial charge < -0.3 is 10.4 Å². The van der Waals surface area contributed by atoms with Crippen molar-refractivity contribution in [3.05, 3.63) is 59.7 Å². The summed E-state index contributed by atoms with van der Waals surface area (Å²) in [6, 6.07) is 6.46. The largest absolute Gasteiger partial charge is 0.391 e. The van der Waals surface area contributed by atoms with E-state index in [4.69, 9.17) is 0 Å². The van der Waals surface area contributed by atoms with Crippen LogP contribution in [-0.2, 0) is 15.0 Å². The van der Waals surface area contributed by atoms with Crippen LogP contribution in [0, 0.1) is 17.4 Å². The maximum atomic E-state index is 15.2. The van der Waals surface area contributed by atoms with Gasteiger partial charge in [0.1, 0.15) is 12.1 Å². The standard InChI is InChI=1S/C29H34F3N5O3/c1-28(2,3)18-6-8-20(9-7-18)37(27(40)23-15-21(38)16-36(23)17-33)24(22-5-4-14-34-25(22)30)26(39)35-19-10-12-29(31,32)13-11-19/h4-9,14,19,21,23-24,38H,10-13,15-16H2,1-3H3,(H,35,39). The molecule has 0 bridgehead atoms. The molecule has 40 heavy (non-hydrogen) atoms. The van der Waals surface area contributed by atoms with Crippen LogP contribution in [0.1, 0.15) is 70.0 Å². The summed E-state index contributed by atoms with van der Waals surface area (Å²) in [7, 11) is 0. The van der Waals surface area contributed by atoms with Gasteiger partial charge in [0.2, 0.25) is 17.8 Å². The lowest BCUT2D eigenvalue weighted by atomic mass is 9.87. The van der Waals surface area contributed by atoms with Crippen LogP contribution in [0.3, 0.4) is 0 Å². The number of β-amino-alcohol motifs (C(OH)–C–C–N with tert-alkyl or cyclic N) is 1. The third-order valence-electron chi connectivity index (χ3n) is 7.59. The molecule has 2 aliphatic rings. The van der Waals surface area contributed by atoms with Gasteiger partial charge in [-0.05, 0) is 42.0 Å². The van der Waals surface area contributed by atoms with Crippen molar-refractivity contribution in [3.63, 3.8) is 0 Å². The first-order valence-electron chi connectivity index (χ1n) is 13.4. The number of likely N-dealkylation sites (tertiary alicyclic amines) is 1. The first-order chi connectivity index (χ1) is 18.8. The number of aromatic nitrogens is 1. The van der Waals surface area contributed by atoms with E-state index in [0.29, 0.717) is 0 Å². The van der Waals surface area contributed by atoms with Gasteiger partial charge in [-0.2, -0.15) is 9.65 Å². The van der Waals surface area contributed by atoms with E-state index in [-0.39, 0.29) is 42.5 Å². The van der Waals surface area contributed by atoms with Crippen molar-refractivity contribution < 1.29 is 27.9 Å². The van der Waals surface area contributed by atoms with E-state index in [9.17, 15) is 28.7 Å². The third kappa shape index (κ3) is 6.39. The summed E-state index contributed by atoms with van der Waals surface area (Å²) in [5.41, 5.74) is 0.832. The van der Waals surface area contributed by atoms with Crippen molar-refractivity contribution in [1.82, 2.24) is 15.2 Å². The SMILES string of the molecule is CC(C)(C)c1ccc(N(C(=O)C2CC(O)CN2C#N)C(C(=O)NC2CCC(F)(F)CC2)c2cccnc2F)cc1. The number of amides is 2. The van der Waals surface area contributed by atoms with Crippen LogP contribution >= 0.6 is 0 Å². The minimum absolute atomic E-state index is 0.0340. The molecule has 3 unspecified atom stereocenters. The van der Waals surface area contributed by atoms with E-state index in [1.54, 1.807) is 24.3 Å². The molecule has 11 heteroatoms. The van der Waals surface area contributed by atoms with E-state index < -0.39 is 60.8 Å². The molecule has 0 spiro atoms. The molecule has 214 valence electrons. The fourth-order valence-electron chi connectivity index (χ4n) is 5.31. The Morgan fingerprint density at radius 1 is 1.20 bits per heavy atom. The van der Waals surface area contributed by atoms with Gasteiger partial charge in [-0.1, -0.05) is 39.0 Å². The zero-order chi connectivity index (χ0) is 29.2. The molecule has 1 saturated carbocycles. The fourth-order valence-corrected chi connectivity index (χ4v) is 5.31. The number of alkyl halides is 2. The normalized spacial score (nSPS) is 21.9. The number of pyridine rings is 1. The molecule has 0 radical (unpaired) electrons. The van der Waals surface area contributed by atoms with Crippen LogP contribution in [0.5, 0.6) is 0 Å². The van der Waals surface area contributed by atoms with Crippen LogP contribution in [0.2, 0.25) is 0 Å². The van der Waals surface area contributed by atoms with Gasteiger partial charge in [0.05, 0.1) is 12.6 Å². The van der Waals surface area contributed by atoms with Gasteiger partial charge in [-0.3, -0.25) is 19.4 Å². The molecule has 1 aliphatic heterocycles. The zero-order valence-electron chi connectivity index (χ0n) is 22.8. The lowest BCUT2D eigenvalue weighted by molar-refractivity contribution is -0.129. The highest BCUT2D eigenvalue weighted by Gasteiger charge is 2.44. The maximum Gasteiger partial charge on any atom is 0.251 e. The number of aliphatic hydroxyl groups is 1. The highest BCUT2D eigenvalue weighted by molar-refractivity contribution is 6.04. The number of nitriles is 1. The molecular formula is C29H34F3N5O3. The van der Waals surface area contributed by atoms with Crippen LogP contribution in [0.25, 0.3) is 0 Å². The molecule has 3 atom stereocenters. The molecule has 1 aliphatic carbocycles. The first-order valence-corrected chi connectivity index (χ1v) is 13.4. The minimum atomic E-state index is -2.81. The number of aliphatic hydroxyl groups excluding tert-OH is 1. The van der Waals surface area contributed by atoms with Crippen molar-refractivity contribution >= 4 is 17.5 Å². The molecule has 4 rings (SSSR count). The predicted molar refractivity (Wildman–Crippen MR) is 142 cm³/mol. The smallest absolute Gasteiger partial charge is 0.251 e. The van der Waals surface area contributed by atoms with Gasteiger partial charge in [0.15, 0.2) is 6.19 Å². The number of hydrogen-bond donors (Lipinski definition) is 2. The summed E-state index contributed by atoms with van der Waals surface area (Å²) in [4.78, 5) is 34.0. The Labute approximate surface area is 231 Å². The molecule has 2 aromatic rings. The molecule has 1 aromatic heterocycles. The Morgan fingerprint density at radius 2 is 1.85 bits per heavy atom. The third-order valence-corrected chi connectivity index (χ3v) is 7.59. The van der Waals surface area contributed by atoms with Crippen molar-refractivity contribution in [2.24, 2.45) is 0 Å². The highest BCUT2D eigenvalue weighted by atomic mass is 19.3. The molecule has 8 nitrogen and oxygen atoms in total. The molecular weight excluding hydrogens is 523 g/mol. The maximum absolute atomic E-state index is 15.2. The van der Waals surface area contributed by atoms with Gasteiger partial charge in [0, 0.05) is 42.8 Å². The van der Waals surface area contributed by atoms with E-state index in [0.717, 1.165) is 15.4 Å². The lowest BCUT2D eigenvalue weighted by Crippen LogP contribution is -2.52. The van der Waals surface area contributed by atoms with Gasteiger partial charge in [-0.15, -0.1) is 0 Å². The van der Waals surface area contributed by atoms with Gasteiger partial charge >= 0.3 is 0 Å². The van der Waals surface area contributed by atoms with E-state index in [1.165, 1.54) is 18.3 Å². The second kappa shape index (κ2) is 11.5. The second-order valence-corrected chi connectivity index (χ2v) is 11.6. The topological polar surface area (TPSA) is 110 Å². The lowest BCUT2D eigenvalue weighted by Gasteiger charge is -2.36. The zero-order valence-corrected chi connectivity index (χ0v) is 22.8. The van der Waals surface area contributed by atoms with E-state index in [2.05, 4.69) is 10.3 Å². The number of anilines is 1. The molecule has 2 amide bonds. The molecule has 1 saturated heterocycles. The Morgan fingerprint density at radius 3 is 2.42 bits per heavy atom. The number of nitrogens with zero attached hydrogens (tertiary/aromatic N) is 4. The minimum Gasteiger partial charge on any atom is -0.391 e. The number of carbonyl (C=O) groups is 2. The summed E-state index contributed by atoms with van der Waals surface area (Å²) in [6.07, 6.45) is 1.43. The number of nitrogens with one attached hydrogen (secondary N) is 1. The average Bonchev–Trinajstić information content (AvgIpc) is 3.29. The quantitative estimate of drug-likeness (QED) is 0.407. The summed E-state index contributed by atoms with van der Waals surface area (Å²) >= 11 is 0. The van der Waals surface area contributed by atoms with Crippen LogP contribution < -0.4 is 10.2 Å². The monoisotopic (exact) mass is 557 g/mol. The number of hydrogen-bond acceptors (Lipinski definition) is 6.